The average molecular weight is 247 g/mol. The highest BCUT2D eigenvalue weighted by Crippen LogP contribution is 2.25. The van der Waals surface area contributed by atoms with Gasteiger partial charge in [-0.15, -0.1) is 0 Å². The van der Waals surface area contributed by atoms with Crippen molar-refractivity contribution in [2.75, 3.05) is 6.61 Å². The van der Waals surface area contributed by atoms with Crippen LogP contribution in [0.3, 0.4) is 0 Å². The third kappa shape index (κ3) is 3.06. The first-order valence-corrected chi connectivity index (χ1v) is 4.79. The van der Waals surface area contributed by atoms with Crippen molar-refractivity contribution in [2.24, 2.45) is 5.73 Å². The van der Waals surface area contributed by atoms with Crippen LogP contribution < -0.4 is 5.73 Å². The highest BCUT2D eigenvalue weighted by atomic mass is 35.5. The van der Waals surface area contributed by atoms with Crippen LogP contribution in [0, 0.1) is 0 Å². The Balaban J connectivity index is 2.90. The number of aliphatic hydroxyl groups excluding tert-OH is 2. The van der Waals surface area contributed by atoms with Crippen molar-refractivity contribution in [3.63, 3.8) is 0 Å². The molecule has 0 radical (unpaired) electrons. The Morgan fingerprint density at radius 1 is 1.69 bits per heavy atom. The number of nitrogens with two attached hydrogens (primary N) is 1. The second-order valence-corrected chi connectivity index (χ2v) is 3.39. The predicted molar refractivity (Wildman–Crippen MR) is 55.7 cm³/mol. The topological polar surface area (TPSA) is 106 Å². The first kappa shape index (κ1) is 12.7. The first-order valence-electron chi connectivity index (χ1n) is 4.41. The van der Waals surface area contributed by atoms with Crippen molar-refractivity contribution in [3.8, 4) is 0 Å². The number of rotatable bonds is 4. The molecule has 1 aromatic rings. The Morgan fingerprint density at radius 3 is 2.88 bits per heavy atom. The largest absolute Gasteiger partial charge is 0.419 e. The molecule has 1 amide bonds. The molecule has 0 aliphatic rings. The third-order valence-corrected chi connectivity index (χ3v) is 2.24. The van der Waals surface area contributed by atoms with Crippen molar-refractivity contribution in [3.05, 3.63) is 29.0 Å². The van der Waals surface area contributed by atoms with Crippen molar-refractivity contribution in [2.45, 2.75) is 12.2 Å². The number of nitrogens with zero attached hydrogens (tertiary/aromatic N) is 1. The van der Waals surface area contributed by atoms with E-state index in [0.717, 1.165) is 0 Å². The van der Waals surface area contributed by atoms with Gasteiger partial charge in [-0.2, -0.15) is 0 Å². The molecule has 0 bridgehead atoms. The number of hydrogen-bond donors (Lipinski definition) is 3. The summed E-state index contributed by atoms with van der Waals surface area (Å²) in [6, 6.07) is 3.14. The maximum atomic E-state index is 10.5. The molecule has 1 heterocycles. The fourth-order valence-electron chi connectivity index (χ4n) is 1.18. The van der Waals surface area contributed by atoms with Gasteiger partial charge in [-0.1, -0.05) is 11.6 Å². The lowest BCUT2D eigenvalue weighted by molar-refractivity contribution is -0.0767. The molecule has 0 aromatic carbocycles. The van der Waals surface area contributed by atoms with Crippen LogP contribution in [0.15, 0.2) is 18.3 Å². The maximum Gasteiger partial charge on any atom is 0.406 e. The molecule has 88 valence electrons. The normalized spacial score (nSPS) is 14.2. The molecule has 0 fully saturated rings. The zero-order chi connectivity index (χ0) is 12.1. The SMILES string of the molecule is NC(=O)OC(O)C(CO)c1ncccc1Cl. The van der Waals surface area contributed by atoms with Crippen molar-refractivity contribution < 1.29 is 19.7 Å². The van der Waals surface area contributed by atoms with E-state index in [4.69, 9.17) is 22.4 Å². The molecule has 16 heavy (non-hydrogen) atoms. The van der Waals surface area contributed by atoms with Gasteiger partial charge in [0.05, 0.1) is 23.2 Å². The number of aliphatic hydroxyl groups is 2. The smallest absolute Gasteiger partial charge is 0.406 e. The van der Waals surface area contributed by atoms with Gasteiger partial charge in [0.1, 0.15) is 0 Å². The van der Waals surface area contributed by atoms with Crippen molar-refractivity contribution in [1.29, 1.82) is 0 Å². The van der Waals surface area contributed by atoms with Gasteiger partial charge in [0, 0.05) is 6.20 Å². The number of ether oxygens (including phenoxy) is 1. The number of carbonyl (C=O) groups excluding carboxylic acids is 1. The van der Waals surface area contributed by atoms with E-state index in [0.29, 0.717) is 0 Å². The Bertz CT molecular complexity index is 374. The molecular weight excluding hydrogens is 236 g/mol. The predicted octanol–water partition coefficient (Wildman–Crippen LogP) is 0.225. The quantitative estimate of drug-likeness (QED) is 0.659. The van der Waals surface area contributed by atoms with E-state index >= 15 is 0 Å². The highest BCUT2D eigenvalue weighted by Gasteiger charge is 2.26. The van der Waals surface area contributed by atoms with Gasteiger partial charge in [0.15, 0.2) is 0 Å². The Morgan fingerprint density at radius 2 is 2.38 bits per heavy atom. The molecule has 0 spiro atoms. The van der Waals surface area contributed by atoms with Gasteiger partial charge in [-0.25, -0.2) is 4.79 Å². The number of primary amides is 1. The fraction of sp³-hybridized carbons (Fsp3) is 0.333. The van der Waals surface area contributed by atoms with Crippen molar-refractivity contribution in [1.82, 2.24) is 4.98 Å². The molecule has 1 rings (SSSR count). The number of halogens is 1. The van der Waals surface area contributed by atoms with E-state index in [1.165, 1.54) is 6.20 Å². The summed E-state index contributed by atoms with van der Waals surface area (Å²) in [5.74, 6) is -0.929. The molecule has 2 unspecified atom stereocenters. The van der Waals surface area contributed by atoms with Crippen LogP contribution in [-0.2, 0) is 4.74 Å². The van der Waals surface area contributed by atoms with E-state index in [1.54, 1.807) is 12.1 Å². The second-order valence-electron chi connectivity index (χ2n) is 2.99. The lowest BCUT2D eigenvalue weighted by Crippen LogP contribution is -2.30. The van der Waals surface area contributed by atoms with Crippen LogP contribution in [0.2, 0.25) is 5.02 Å². The van der Waals surface area contributed by atoms with Crippen LogP contribution in [0.5, 0.6) is 0 Å². The van der Waals surface area contributed by atoms with E-state index in [2.05, 4.69) is 9.72 Å². The van der Waals surface area contributed by atoms with Crippen LogP contribution in [0.1, 0.15) is 11.6 Å². The van der Waals surface area contributed by atoms with Gasteiger partial charge in [-0.3, -0.25) is 4.98 Å². The molecule has 1 aromatic heterocycles. The van der Waals surface area contributed by atoms with Crippen LogP contribution in [0.4, 0.5) is 4.79 Å². The first-order chi connectivity index (χ1) is 7.56. The van der Waals surface area contributed by atoms with Gasteiger partial charge in [0.25, 0.3) is 0 Å². The number of amides is 1. The van der Waals surface area contributed by atoms with Crippen LogP contribution in [0.25, 0.3) is 0 Å². The molecule has 7 heteroatoms. The average Bonchev–Trinajstić information content (AvgIpc) is 2.20. The summed E-state index contributed by atoms with van der Waals surface area (Å²) in [6.45, 7) is -0.481. The molecule has 4 N–H and O–H groups in total. The van der Waals surface area contributed by atoms with Gasteiger partial charge in [0.2, 0.25) is 6.29 Å². The van der Waals surface area contributed by atoms with E-state index in [1.807, 2.05) is 0 Å². The van der Waals surface area contributed by atoms with E-state index < -0.39 is 24.9 Å². The number of carbonyl (C=O) groups is 1. The zero-order valence-electron chi connectivity index (χ0n) is 8.21. The van der Waals surface area contributed by atoms with E-state index in [-0.39, 0.29) is 10.7 Å². The summed E-state index contributed by atoms with van der Waals surface area (Å²) in [6.07, 6.45) is -1.28. The Hall–Kier alpha value is -1.37. The standard InChI is InChI=1S/C9H11ClN2O4/c10-6-2-1-3-12-7(6)5(4-13)8(14)16-9(11)15/h1-3,5,8,13-14H,4H2,(H2,11,15). The van der Waals surface area contributed by atoms with Crippen molar-refractivity contribution >= 4 is 17.7 Å². The fourth-order valence-corrected chi connectivity index (χ4v) is 1.45. The monoisotopic (exact) mass is 246 g/mol. The van der Waals surface area contributed by atoms with Crippen LogP contribution in [-0.4, -0.2) is 34.2 Å². The molecule has 0 saturated carbocycles. The van der Waals surface area contributed by atoms with Gasteiger partial charge in [-0.05, 0) is 12.1 Å². The third-order valence-electron chi connectivity index (χ3n) is 1.92. The number of aromatic nitrogens is 1. The number of hydrogen-bond acceptors (Lipinski definition) is 5. The summed E-state index contributed by atoms with van der Waals surface area (Å²) in [4.78, 5) is 14.3. The zero-order valence-corrected chi connectivity index (χ0v) is 8.96. The molecule has 6 nitrogen and oxygen atoms in total. The second kappa shape index (κ2) is 5.64. The summed E-state index contributed by atoms with van der Waals surface area (Å²) in [5.41, 5.74) is 4.98. The minimum atomic E-state index is -1.59. The molecule has 0 aliphatic carbocycles. The molecule has 0 saturated heterocycles. The summed E-state index contributed by atoms with van der Waals surface area (Å²) >= 11 is 5.82. The van der Waals surface area contributed by atoms with E-state index in [9.17, 15) is 9.90 Å². The molecule has 2 atom stereocenters. The summed E-state index contributed by atoms with van der Waals surface area (Å²) < 4.78 is 4.35. The Kier molecular flexibility index (Phi) is 4.48. The summed E-state index contributed by atoms with van der Waals surface area (Å²) in [7, 11) is 0. The van der Waals surface area contributed by atoms with Gasteiger partial charge >= 0.3 is 6.09 Å². The highest BCUT2D eigenvalue weighted by molar-refractivity contribution is 6.31. The molecular formula is C9H11ClN2O4. The summed E-state index contributed by atoms with van der Waals surface area (Å²) in [5, 5.41) is 18.8. The lowest BCUT2D eigenvalue weighted by Gasteiger charge is -2.20. The minimum absolute atomic E-state index is 0.236. The van der Waals surface area contributed by atoms with Gasteiger partial charge < -0.3 is 20.7 Å². The minimum Gasteiger partial charge on any atom is -0.419 e. The number of pyridine rings is 1. The Labute approximate surface area is 96.6 Å². The van der Waals surface area contributed by atoms with Crippen LogP contribution >= 0.6 is 11.6 Å². The lowest BCUT2D eigenvalue weighted by atomic mass is 10.1. The molecule has 0 aliphatic heterocycles. The maximum absolute atomic E-state index is 10.5.